The lowest BCUT2D eigenvalue weighted by molar-refractivity contribution is -0.151. The predicted molar refractivity (Wildman–Crippen MR) is 124 cm³/mol. The molecule has 35 heavy (non-hydrogen) atoms. The fourth-order valence-electron chi connectivity index (χ4n) is 5.02. The van der Waals surface area contributed by atoms with Crippen LogP contribution in [0.15, 0.2) is 29.8 Å². The Morgan fingerprint density at radius 1 is 1.11 bits per heavy atom. The van der Waals surface area contributed by atoms with Gasteiger partial charge in [-0.05, 0) is 30.2 Å². The third-order valence-corrected chi connectivity index (χ3v) is 7.52. The van der Waals surface area contributed by atoms with Crippen molar-refractivity contribution in [1.82, 2.24) is 14.8 Å². The number of benzene rings is 1. The summed E-state index contributed by atoms with van der Waals surface area (Å²) in [5.41, 5.74) is 1.94. The summed E-state index contributed by atoms with van der Waals surface area (Å²) < 4.78 is 37.9. The zero-order valence-electron chi connectivity index (χ0n) is 18.8. The number of nitrogens with zero attached hydrogens (tertiary/aromatic N) is 5. The molecule has 1 atom stereocenters. The highest BCUT2D eigenvalue weighted by Gasteiger charge is 2.38. The minimum Gasteiger partial charge on any atom is -0.334 e. The van der Waals surface area contributed by atoms with Crippen LogP contribution in [0.4, 0.5) is 24.5 Å². The van der Waals surface area contributed by atoms with E-state index in [9.17, 15) is 27.6 Å². The topological polar surface area (TPSA) is 77.1 Å². The smallest absolute Gasteiger partial charge is 0.334 e. The van der Waals surface area contributed by atoms with Gasteiger partial charge in [-0.25, -0.2) is 4.98 Å². The second-order valence-electron chi connectivity index (χ2n) is 8.93. The molecule has 4 heterocycles. The second-order valence-corrected chi connectivity index (χ2v) is 9.82. The first-order valence-electron chi connectivity index (χ1n) is 11.4. The van der Waals surface area contributed by atoms with Crippen LogP contribution in [0, 0.1) is 0 Å². The number of anilines is 2. The van der Waals surface area contributed by atoms with Crippen LogP contribution in [-0.2, 0) is 16.0 Å². The van der Waals surface area contributed by atoms with Crippen molar-refractivity contribution < 1.29 is 27.6 Å². The van der Waals surface area contributed by atoms with Crippen LogP contribution in [0.3, 0.4) is 0 Å². The van der Waals surface area contributed by atoms with Gasteiger partial charge in [0.1, 0.15) is 6.42 Å². The van der Waals surface area contributed by atoms with Crippen LogP contribution >= 0.6 is 11.3 Å². The third-order valence-electron chi connectivity index (χ3n) is 6.76. The Kier molecular flexibility index (Phi) is 6.26. The average Bonchev–Trinajstić information content (AvgIpc) is 3.57. The van der Waals surface area contributed by atoms with Gasteiger partial charge in [0, 0.05) is 74.7 Å². The minimum atomic E-state index is -4.55. The maximum Gasteiger partial charge on any atom is 0.397 e. The molecule has 1 aromatic heterocycles. The van der Waals surface area contributed by atoms with Crippen molar-refractivity contribution in [2.75, 3.05) is 49.1 Å². The van der Waals surface area contributed by atoms with E-state index in [1.807, 2.05) is 0 Å². The van der Waals surface area contributed by atoms with E-state index in [4.69, 9.17) is 0 Å². The highest BCUT2D eigenvalue weighted by Crippen LogP contribution is 2.35. The molecule has 8 nitrogen and oxygen atoms in total. The van der Waals surface area contributed by atoms with Gasteiger partial charge in [-0.15, -0.1) is 11.3 Å². The summed E-state index contributed by atoms with van der Waals surface area (Å²) in [5, 5.41) is 2.26. The maximum atomic E-state index is 12.8. The van der Waals surface area contributed by atoms with Crippen molar-refractivity contribution in [1.29, 1.82) is 0 Å². The summed E-state index contributed by atoms with van der Waals surface area (Å²) in [4.78, 5) is 48.4. The number of thiazole rings is 1. The Morgan fingerprint density at radius 2 is 1.89 bits per heavy atom. The molecule has 0 spiro atoms. The lowest BCUT2D eigenvalue weighted by Crippen LogP contribution is -2.52. The summed E-state index contributed by atoms with van der Waals surface area (Å²) in [6.07, 6.45) is -3.59. The second kappa shape index (κ2) is 9.23. The molecule has 3 amide bonds. The van der Waals surface area contributed by atoms with E-state index in [-0.39, 0.29) is 24.4 Å². The highest BCUT2D eigenvalue weighted by atomic mass is 32.1. The number of aromatic nitrogens is 1. The fourth-order valence-corrected chi connectivity index (χ4v) is 5.62. The lowest BCUT2D eigenvalue weighted by atomic mass is 10.1. The van der Waals surface area contributed by atoms with Crippen molar-refractivity contribution in [3.05, 3.63) is 40.3 Å². The van der Waals surface area contributed by atoms with Crippen LogP contribution in [0.1, 0.15) is 28.2 Å². The van der Waals surface area contributed by atoms with Crippen molar-refractivity contribution in [3.63, 3.8) is 0 Å². The van der Waals surface area contributed by atoms with Gasteiger partial charge in [-0.1, -0.05) is 0 Å². The number of hydrogen-bond acceptors (Lipinski definition) is 6. The molecule has 3 aliphatic rings. The number of carbonyl (C=O) groups excluding carboxylic acids is 3. The molecular weight excluding hydrogens is 483 g/mol. The predicted octanol–water partition coefficient (Wildman–Crippen LogP) is 2.55. The number of rotatable bonds is 4. The number of halogens is 3. The Balaban J connectivity index is 1.21. The largest absolute Gasteiger partial charge is 0.397 e. The number of hydrogen-bond donors (Lipinski definition) is 0. The molecule has 0 aliphatic carbocycles. The zero-order chi connectivity index (χ0) is 24.7. The monoisotopic (exact) mass is 507 g/mol. The number of fused-ring (bicyclic) bond motifs is 1. The normalized spacial score (nSPS) is 21.1. The third kappa shape index (κ3) is 4.90. The summed E-state index contributed by atoms with van der Waals surface area (Å²) in [7, 11) is 0. The number of piperazine rings is 1. The molecule has 0 saturated carbocycles. The van der Waals surface area contributed by atoms with Gasteiger partial charge < -0.3 is 14.7 Å². The SMILES string of the molecule is O=C(c1nccs1)N1CCN(C2CC(=O)N(c3ccc4c(c3)CCN4C(=O)CC(F)(F)F)C2)CC1. The molecule has 2 saturated heterocycles. The summed E-state index contributed by atoms with van der Waals surface area (Å²) in [5.74, 6) is -1.04. The number of amides is 3. The van der Waals surface area contributed by atoms with Crippen LogP contribution in [-0.4, -0.2) is 84.0 Å². The van der Waals surface area contributed by atoms with E-state index < -0.39 is 18.5 Å². The van der Waals surface area contributed by atoms with Gasteiger partial charge >= 0.3 is 6.18 Å². The molecule has 0 radical (unpaired) electrons. The van der Waals surface area contributed by atoms with Crippen LogP contribution in [0.2, 0.25) is 0 Å². The zero-order valence-corrected chi connectivity index (χ0v) is 19.6. The van der Waals surface area contributed by atoms with Crippen LogP contribution in [0.5, 0.6) is 0 Å². The van der Waals surface area contributed by atoms with Gasteiger partial charge in [0.05, 0.1) is 0 Å². The first kappa shape index (κ1) is 23.7. The van der Waals surface area contributed by atoms with E-state index in [0.29, 0.717) is 61.9 Å². The summed E-state index contributed by atoms with van der Waals surface area (Å²) in [6.45, 7) is 3.20. The molecule has 186 valence electrons. The van der Waals surface area contributed by atoms with Gasteiger partial charge in [-0.2, -0.15) is 13.2 Å². The Hall–Kier alpha value is -2.99. The van der Waals surface area contributed by atoms with Crippen molar-refractivity contribution in [2.45, 2.75) is 31.5 Å². The van der Waals surface area contributed by atoms with Crippen molar-refractivity contribution >= 4 is 40.4 Å². The van der Waals surface area contributed by atoms with Gasteiger partial charge in [0.25, 0.3) is 5.91 Å². The van der Waals surface area contributed by atoms with E-state index in [1.165, 1.54) is 16.2 Å². The first-order valence-corrected chi connectivity index (χ1v) is 12.3. The first-order chi connectivity index (χ1) is 16.7. The Labute approximate surface area is 203 Å². The fraction of sp³-hybridized carbons (Fsp3) is 0.478. The van der Waals surface area contributed by atoms with Crippen LogP contribution < -0.4 is 9.80 Å². The quantitative estimate of drug-likeness (QED) is 0.636. The van der Waals surface area contributed by atoms with Crippen molar-refractivity contribution in [3.8, 4) is 0 Å². The highest BCUT2D eigenvalue weighted by molar-refractivity contribution is 7.11. The molecule has 3 aliphatic heterocycles. The summed E-state index contributed by atoms with van der Waals surface area (Å²) >= 11 is 1.32. The maximum absolute atomic E-state index is 12.8. The molecule has 0 bridgehead atoms. The van der Waals surface area contributed by atoms with E-state index in [1.54, 1.807) is 39.6 Å². The van der Waals surface area contributed by atoms with Gasteiger partial charge in [0.15, 0.2) is 5.01 Å². The van der Waals surface area contributed by atoms with Crippen LogP contribution in [0.25, 0.3) is 0 Å². The Bertz CT molecular complexity index is 1130. The van der Waals surface area contributed by atoms with Gasteiger partial charge in [0.2, 0.25) is 11.8 Å². The standard InChI is InChI=1S/C23H24F3N5O3S/c24-23(25,26)13-20(33)30-5-3-15-11-16(1-2-18(15)30)31-14-17(12-19(31)32)28-6-8-29(9-7-28)22(34)21-27-4-10-35-21/h1-2,4,10-11,17H,3,5-9,12-14H2. The average molecular weight is 508 g/mol. The number of alkyl halides is 3. The molecule has 12 heteroatoms. The summed E-state index contributed by atoms with van der Waals surface area (Å²) in [6, 6.07) is 5.16. The molecule has 0 N–H and O–H groups in total. The molecule has 1 aromatic carbocycles. The Morgan fingerprint density at radius 3 is 2.57 bits per heavy atom. The molecule has 5 rings (SSSR count). The van der Waals surface area contributed by atoms with Crippen molar-refractivity contribution in [2.24, 2.45) is 0 Å². The molecule has 2 aromatic rings. The van der Waals surface area contributed by atoms with E-state index in [0.717, 1.165) is 5.56 Å². The molecular formula is C23H24F3N5O3S. The lowest BCUT2D eigenvalue weighted by Gasteiger charge is -2.37. The minimum absolute atomic E-state index is 0.0146. The number of carbonyl (C=O) groups is 3. The van der Waals surface area contributed by atoms with Gasteiger partial charge in [-0.3, -0.25) is 19.3 Å². The molecule has 2 fully saturated rings. The van der Waals surface area contributed by atoms with E-state index >= 15 is 0 Å². The van der Waals surface area contributed by atoms with E-state index in [2.05, 4.69) is 9.88 Å². The molecule has 1 unspecified atom stereocenters.